The van der Waals surface area contributed by atoms with Crippen molar-refractivity contribution in [1.29, 1.82) is 0 Å². The van der Waals surface area contributed by atoms with Gasteiger partial charge in [-0.05, 0) is 116 Å². The maximum absolute atomic E-state index is 12.8. The molecule has 0 radical (unpaired) electrons. The summed E-state index contributed by atoms with van der Waals surface area (Å²) in [4.78, 5) is 25.4. The predicted molar refractivity (Wildman–Crippen MR) is 270 cm³/mol. The summed E-state index contributed by atoms with van der Waals surface area (Å²) in [6.07, 6.45) is 69.8. The van der Waals surface area contributed by atoms with Gasteiger partial charge < -0.3 is 14.2 Å². The number of hydrogen-bond donors (Lipinski definition) is 0. The Hall–Kier alpha value is -3.18. The molecule has 5 nitrogen and oxygen atoms in total. The third-order valence-electron chi connectivity index (χ3n) is 10.6. The van der Waals surface area contributed by atoms with E-state index in [1.165, 1.54) is 96.3 Å². The fourth-order valence-electron chi connectivity index (χ4n) is 6.74. The number of rotatable bonds is 46. The minimum Gasteiger partial charge on any atom is -0.462 e. The van der Waals surface area contributed by atoms with Gasteiger partial charge in [0.2, 0.25) is 0 Å². The Labute approximate surface area is 383 Å². The van der Waals surface area contributed by atoms with Crippen molar-refractivity contribution in [3.05, 3.63) is 97.2 Å². The van der Waals surface area contributed by atoms with Crippen molar-refractivity contribution in [3.63, 3.8) is 0 Å². The van der Waals surface area contributed by atoms with E-state index in [0.29, 0.717) is 19.4 Å². The minimum atomic E-state index is -0.571. The van der Waals surface area contributed by atoms with Crippen LogP contribution in [-0.2, 0) is 23.8 Å². The third kappa shape index (κ3) is 49.5. The molecule has 0 fully saturated rings. The molecular formula is C57H96O5. The van der Waals surface area contributed by atoms with Gasteiger partial charge in [-0.2, -0.15) is 0 Å². The summed E-state index contributed by atoms with van der Waals surface area (Å²) in [7, 11) is 0. The SMILES string of the molecule is CC/C=C\C/C=C\C/C=C\C/C=C\CCCCC(=O)OC(COCCCCCCCC/C=C\C/C=C\CCC)COC(=O)CCCCCCCCC/C=C\C/C=C\CCCCC. The Bertz CT molecular complexity index is 1200. The number of esters is 2. The molecule has 354 valence electrons. The van der Waals surface area contributed by atoms with Gasteiger partial charge in [-0.25, -0.2) is 0 Å². The topological polar surface area (TPSA) is 61.8 Å². The van der Waals surface area contributed by atoms with Crippen LogP contribution in [0.2, 0.25) is 0 Å². The van der Waals surface area contributed by atoms with Gasteiger partial charge in [0.1, 0.15) is 6.61 Å². The van der Waals surface area contributed by atoms with Gasteiger partial charge in [-0.1, -0.05) is 195 Å². The van der Waals surface area contributed by atoms with Crippen LogP contribution in [0.3, 0.4) is 0 Å². The average molecular weight is 861 g/mol. The van der Waals surface area contributed by atoms with Gasteiger partial charge in [0, 0.05) is 19.4 Å². The Morgan fingerprint density at radius 3 is 1.26 bits per heavy atom. The Kier molecular flexibility index (Phi) is 49.5. The molecule has 0 saturated carbocycles. The molecule has 0 aliphatic carbocycles. The van der Waals surface area contributed by atoms with Crippen LogP contribution in [-0.4, -0.2) is 37.9 Å². The molecule has 0 rings (SSSR count). The fourth-order valence-corrected chi connectivity index (χ4v) is 6.74. The molecule has 0 spiro atoms. The van der Waals surface area contributed by atoms with Crippen molar-refractivity contribution >= 4 is 11.9 Å². The van der Waals surface area contributed by atoms with E-state index in [1.807, 2.05) is 0 Å². The van der Waals surface area contributed by atoms with E-state index in [1.54, 1.807) is 0 Å². The van der Waals surface area contributed by atoms with E-state index in [-0.39, 0.29) is 25.2 Å². The number of ether oxygens (including phenoxy) is 3. The molecule has 0 aliphatic rings. The van der Waals surface area contributed by atoms with Crippen LogP contribution < -0.4 is 0 Å². The Morgan fingerprint density at radius 1 is 0.371 bits per heavy atom. The number of carbonyl (C=O) groups excluding carboxylic acids is 2. The molecule has 5 heteroatoms. The molecule has 0 N–H and O–H groups in total. The van der Waals surface area contributed by atoms with E-state index in [0.717, 1.165) is 96.3 Å². The minimum absolute atomic E-state index is 0.0552. The van der Waals surface area contributed by atoms with Crippen molar-refractivity contribution in [1.82, 2.24) is 0 Å². The maximum atomic E-state index is 12.8. The van der Waals surface area contributed by atoms with E-state index in [9.17, 15) is 9.59 Å². The first-order chi connectivity index (χ1) is 30.6. The lowest BCUT2D eigenvalue weighted by atomic mass is 10.1. The fraction of sp³-hybridized carbons (Fsp3) is 0.684. The highest BCUT2D eigenvalue weighted by atomic mass is 16.6. The summed E-state index contributed by atoms with van der Waals surface area (Å²) >= 11 is 0. The quantitative estimate of drug-likeness (QED) is 0.0347. The van der Waals surface area contributed by atoms with Crippen molar-refractivity contribution in [3.8, 4) is 0 Å². The summed E-state index contributed by atoms with van der Waals surface area (Å²) in [5.41, 5.74) is 0. The van der Waals surface area contributed by atoms with Crippen molar-refractivity contribution in [2.24, 2.45) is 0 Å². The highest BCUT2D eigenvalue weighted by molar-refractivity contribution is 5.70. The summed E-state index contributed by atoms with van der Waals surface area (Å²) < 4.78 is 17.4. The summed E-state index contributed by atoms with van der Waals surface area (Å²) in [6.45, 7) is 7.55. The van der Waals surface area contributed by atoms with Gasteiger partial charge >= 0.3 is 11.9 Å². The lowest BCUT2D eigenvalue weighted by Gasteiger charge is -2.18. The first-order valence-corrected chi connectivity index (χ1v) is 25.8. The molecule has 0 amide bonds. The van der Waals surface area contributed by atoms with Gasteiger partial charge in [0.15, 0.2) is 6.10 Å². The van der Waals surface area contributed by atoms with Gasteiger partial charge in [-0.15, -0.1) is 0 Å². The number of unbranched alkanes of at least 4 members (excludes halogenated alkanes) is 19. The molecule has 0 aliphatic heterocycles. The van der Waals surface area contributed by atoms with E-state index >= 15 is 0 Å². The van der Waals surface area contributed by atoms with Crippen LogP contribution in [0.5, 0.6) is 0 Å². The standard InChI is InChI=1S/C57H96O5/c1-4-7-10-13-16-19-22-25-28-29-31-32-35-38-41-44-47-50-56(58)61-54-55(53-60-52-49-46-43-40-37-34-27-24-21-18-15-12-9-6-3)62-57(59)51-48-45-42-39-36-33-30-26-23-20-17-14-11-8-5-2/h8,11-12,15-17,19-21,24-26,28,30,36,39,55H,4-7,9-10,13-14,18,22-23,27,29,31-35,37-38,40-54H2,1-3H3/b11-8-,15-12-,19-16-,20-17-,24-21-,28-25-,30-26-,39-36-. The molecule has 1 unspecified atom stereocenters. The van der Waals surface area contributed by atoms with Crippen LogP contribution in [0, 0.1) is 0 Å². The van der Waals surface area contributed by atoms with Crippen LogP contribution >= 0.6 is 0 Å². The number of carbonyl (C=O) groups is 2. The Morgan fingerprint density at radius 2 is 0.758 bits per heavy atom. The summed E-state index contributed by atoms with van der Waals surface area (Å²) in [5.74, 6) is -0.463. The normalized spacial score (nSPS) is 13.0. The molecular weight excluding hydrogens is 765 g/mol. The molecule has 0 bridgehead atoms. The zero-order valence-electron chi connectivity index (χ0n) is 40.6. The molecule has 0 saturated heterocycles. The second kappa shape index (κ2) is 52.2. The monoisotopic (exact) mass is 861 g/mol. The zero-order valence-corrected chi connectivity index (χ0v) is 40.6. The molecule has 0 aromatic heterocycles. The van der Waals surface area contributed by atoms with Crippen molar-refractivity contribution in [2.75, 3.05) is 19.8 Å². The van der Waals surface area contributed by atoms with Crippen LogP contribution in [0.15, 0.2) is 97.2 Å². The first-order valence-electron chi connectivity index (χ1n) is 25.8. The molecule has 1 atom stereocenters. The number of hydrogen-bond acceptors (Lipinski definition) is 5. The number of allylic oxidation sites excluding steroid dienone is 16. The highest BCUT2D eigenvalue weighted by Gasteiger charge is 2.17. The predicted octanol–water partition coefficient (Wildman–Crippen LogP) is 17.5. The van der Waals surface area contributed by atoms with Gasteiger partial charge in [0.05, 0.1) is 6.61 Å². The van der Waals surface area contributed by atoms with E-state index in [2.05, 4.69) is 118 Å². The lowest BCUT2D eigenvalue weighted by molar-refractivity contribution is -0.163. The highest BCUT2D eigenvalue weighted by Crippen LogP contribution is 2.13. The third-order valence-corrected chi connectivity index (χ3v) is 10.6. The summed E-state index contributed by atoms with van der Waals surface area (Å²) in [6, 6.07) is 0. The van der Waals surface area contributed by atoms with Crippen molar-refractivity contribution in [2.45, 2.75) is 232 Å². The second-order valence-electron chi connectivity index (χ2n) is 16.7. The van der Waals surface area contributed by atoms with Crippen LogP contribution in [0.1, 0.15) is 226 Å². The maximum Gasteiger partial charge on any atom is 0.306 e. The molecule has 0 aromatic rings. The lowest BCUT2D eigenvalue weighted by Crippen LogP contribution is -2.30. The van der Waals surface area contributed by atoms with E-state index < -0.39 is 6.10 Å². The van der Waals surface area contributed by atoms with Crippen LogP contribution in [0.4, 0.5) is 0 Å². The first kappa shape index (κ1) is 58.8. The molecule has 0 heterocycles. The van der Waals surface area contributed by atoms with Crippen molar-refractivity contribution < 1.29 is 23.8 Å². The largest absolute Gasteiger partial charge is 0.462 e. The molecule has 0 aromatic carbocycles. The zero-order chi connectivity index (χ0) is 44.9. The second-order valence-corrected chi connectivity index (χ2v) is 16.7. The molecule has 62 heavy (non-hydrogen) atoms. The van der Waals surface area contributed by atoms with Crippen LogP contribution in [0.25, 0.3) is 0 Å². The van der Waals surface area contributed by atoms with Gasteiger partial charge in [0.25, 0.3) is 0 Å². The Balaban J connectivity index is 4.37. The smallest absolute Gasteiger partial charge is 0.306 e. The van der Waals surface area contributed by atoms with E-state index in [4.69, 9.17) is 14.2 Å². The van der Waals surface area contributed by atoms with Gasteiger partial charge in [-0.3, -0.25) is 9.59 Å². The average Bonchev–Trinajstić information content (AvgIpc) is 3.27. The summed E-state index contributed by atoms with van der Waals surface area (Å²) in [5, 5.41) is 0.